The Hall–Kier alpha value is -1.07. The third-order valence-electron chi connectivity index (χ3n) is 2.91. The first-order valence-electron chi connectivity index (χ1n) is 5.93. The van der Waals surface area contributed by atoms with Crippen LogP contribution in [-0.4, -0.2) is 42.2 Å². The largest absolute Gasteiger partial charge is 0.491 e. The van der Waals surface area contributed by atoms with Gasteiger partial charge in [0.2, 0.25) is 0 Å². The summed E-state index contributed by atoms with van der Waals surface area (Å²) in [6.07, 6.45) is 3.90. The summed E-state index contributed by atoms with van der Waals surface area (Å²) in [4.78, 5) is 13.4. The van der Waals surface area contributed by atoms with Crippen LogP contribution in [-0.2, 0) is 0 Å². The lowest BCUT2D eigenvalue weighted by Gasteiger charge is -2.25. The van der Waals surface area contributed by atoms with E-state index < -0.39 is 5.97 Å². The van der Waals surface area contributed by atoms with Gasteiger partial charge >= 0.3 is 5.97 Å². The molecular weight excluding hydrogens is 238 g/mol. The summed E-state index contributed by atoms with van der Waals surface area (Å²) in [5, 5.41) is 10.5. The standard InChI is InChI=1S/C12H17NO3S/c14-12(15)11-8-10(9-17-11)16-7-6-13-4-2-1-3-5-13/h8-9H,1-7H2,(H,14,15). The second-order valence-corrected chi connectivity index (χ2v) is 5.11. The van der Waals surface area contributed by atoms with Crippen molar-refractivity contribution in [1.82, 2.24) is 4.90 Å². The highest BCUT2D eigenvalue weighted by Crippen LogP contribution is 2.21. The fraction of sp³-hybridized carbons (Fsp3) is 0.583. The van der Waals surface area contributed by atoms with Crippen LogP contribution in [0.3, 0.4) is 0 Å². The van der Waals surface area contributed by atoms with Crippen LogP contribution in [0, 0.1) is 0 Å². The Bertz CT molecular complexity index is 372. The zero-order valence-corrected chi connectivity index (χ0v) is 10.5. The third kappa shape index (κ3) is 3.71. The van der Waals surface area contributed by atoms with Crippen molar-refractivity contribution in [2.24, 2.45) is 0 Å². The predicted octanol–water partition coefficient (Wildman–Crippen LogP) is 2.31. The monoisotopic (exact) mass is 255 g/mol. The van der Waals surface area contributed by atoms with Crippen molar-refractivity contribution in [2.45, 2.75) is 19.3 Å². The average Bonchev–Trinajstić information content (AvgIpc) is 2.79. The molecule has 0 aliphatic carbocycles. The number of carboxylic acids is 1. The van der Waals surface area contributed by atoms with E-state index in [0.717, 1.165) is 19.6 Å². The van der Waals surface area contributed by atoms with Crippen LogP contribution in [0.4, 0.5) is 0 Å². The number of hydrogen-bond acceptors (Lipinski definition) is 4. The first kappa shape index (κ1) is 12.4. The molecule has 2 rings (SSSR count). The normalized spacial score (nSPS) is 16.9. The van der Waals surface area contributed by atoms with Crippen LogP contribution in [0.5, 0.6) is 5.75 Å². The molecule has 1 aromatic rings. The number of hydrogen-bond donors (Lipinski definition) is 1. The van der Waals surface area contributed by atoms with E-state index in [9.17, 15) is 4.79 Å². The lowest BCUT2D eigenvalue weighted by Crippen LogP contribution is -2.33. The summed E-state index contributed by atoms with van der Waals surface area (Å²) in [7, 11) is 0. The van der Waals surface area contributed by atoms with E-state index in [1.54, 1.807) is 11.4 Å². The van der Waals surface area contributed by atoms with Gasteiger partial charge in [0, 0.05) is 18.0 Å². The van der Waals surface area contributed by atoms with Gasteiger partial charge < -0.3 is 9.84 Å². The zero-order valence-electron chi connectivity index (χ0n) is 9.72. The first-order chi connectivity index (χ1) is 8.25. The van der Waals surface area contributed by atoms with E-state index in [2.05, 4.69) is 4.90 Å². The summed E-state index contributed by atoms with van der Waals surface area (Å²) >= 11 is 1.21. The van der Waals surface area contributed by atoms with Crippen molar-refractivity contribution in [3.63, 3.8) is 0 Å². The van der Waals surface area contributed by atoms with Gasteiger partial charge in [0.15, 0.2) is 0 Å². The van der Waals surface area contributed by atoms with Gasteiger partial charge in [-0.1, -0.05) is 6.42 Å². The van der Waals surface area contributed by atoms with Gasteiger partial charge in [-0.2, -0.15) is 0 Å². The third-order valence-corrected chi connectivity index (χ3v) is 3.81. The molecule has 94 valence electrons. The van der Waals surface area contributed by atoms with Gasteiger partial charge in [0.1, 0.15) is 17.2 Å². The van der Waals surface area contributed by atoms with Gasteiger partial charge in [0.05, 0.1) is 0 Å². The molecule has 0 amide bonds. The van der Waals surface area contributed by atoms with E-state index in [1.807, 2.05) is 0 Å². The highest BCUT2D eigenvalue weighted by atomic mass is 32.1. The number of piperidine rings is 1. The van der Waals surface area contributed by atoms with E-state index in [-0.39, 0.29) is 0 Å². The number of aromatic carboxylic acids is 1. The minimum Gasteiger partial charge on any atom is -0.491 e. The topological polar surface area (TPSA) is 49.8 Å². The van der Waals surface area contributed by atoms with Gasteiger partial charge in [-0.25, -0.2) is 4.79 Å². The number of carbonyl (C=O) groups is 1. The zero-order chi connectivity index (χ0) is 12.1. The Morgan fingerprint density at radius 3 is 2.82 bits per heavy atom. The van der Waals surface area contributed by atoms with Gasteiger partial charge in [-0.15, -0.1) is 11.3 Å². The summed E-state index contributed by atoms with van der Waals surface area (Å²) < 4.78 is 5.54. The molecule has 4 nitrogen and oxygen atoms in total. The molecular formula is C12H17NO3S. The van der Waals surface area contributed by atoms with Crippen LogP contribution in [0.15, 0.2) is 11.4 Å². The Morgan fingerprint density at radius 1 is 1.41 bits per heavy atom. The number of rotatable bonds is 5. The molecule has 1 aliphatic heterocycles. The average molecular weight is 255 g/mol. The number of thiophene rings is 1. The maximum atomic E-state index is 10.7. The van der Waals surface area contributed by atoms with E-state index in [4.69, 9.17) is 9.84 Å². The molecule has 1 N–H and O–H groups in total. The Morgan fingerprint density at radius 2 is 2.18 bits per heavy atom. The molecule has 0 unspecified atom stereocenters. The molecule has 0 atom stereocenters. The lowest BCUT2D eigenvalue weighted by atomic mass is 10.1. The molecule has 17 heavy (non-hydrogen) atoms. The van der Waals surface area contributed by atoms with E-state index in [0.29, 0.717) is 17.2 Å². The van der Waals surface area contributed by atoms with Gasteiger partial charge in [0.25, 0.3) is 0 Å². The van der Waals surface area contributed by atoms with Crippen molar-refractivity contribution in [3.8, 4) is 5.75 Å². The number of likely N-dealkylation sites (tertiary alicyclic amines) is 1. The lowest BCUT2D eigenvalue weighted by molar-refractivity contribution is 0.0702. The van der Waals surface area contributed by atoms with Crippen LogP contribution in [0.1, 0.15) is 28.9 Å². The highest BCUT2D eigenvalue weighted by Gasteiger charge is 2.10. The maximum Gasteiger partial charge on any atom is 0.346 e. The molecule has 1 fully saturated rings. The minimum atomic E-state index is -0.888. The first-order valence-corrected chi connectivity index (χ1v) is 6.80. The van der Waals surface area contributed by atoms with Crippen LogP contribution < -0.4 is 4.74 Å². The molecule has 1 aliphatic rings. The Labute approximate surface area is 105 Å². The van der Waals surface area contributed by atoms with Crippen LogP contribution in [0.2, 0.25) is 0 Å². The summed E-state index contributed by atoms with van der Waals surface area (Å²) in [6.45, 7) is 3.88. The molecule has 0 radical (unpaired) electrons. The summed E-state index contributed by atoms with van der Waals surface area (Å²) in [5.74, 6) is -0.217. The quantitative estimate of drug-likeness (QED) is 0.877. The molecule has 5 heteroatoms. The molecule has 2 heterocycles. The van der Waals surface area contributed by atoms with Crippen molar-refractivity contribution in [1.29, 1.82) is 0 Å². The Kier molecular flexibility index (Phi) is 4.39. The molecule has 1 aromatic heterocycles. The van der Waals surface area contributed by atoms with Crippen molar-refractivity contribution in [3.05, 3.63) is 16.3 Å². The van der Waals surface area contributed by atoms with E-state index >= 15 is 0 Å². The van der Waals surface area contributed by atoms with Gasteiger partial charge in [-0.05, 0) is 25.9 Å². The number of ether oxygens (including phenoxy) is 1. The summed E-state index contributed by atoms with van der Waals surface area (Å²) in [5.41, 5.74) is 0. The van der Waals surface area contributed by atoms with Crippen molar-refractivity contribution >= 4 is 17.3 Å². The van der Waals surface area contributed by atoms with Crippen LogP contribution >= 0.6 is 11.3 Å². The minimum absolute atomic E-state index is 0.331. The maximum absolute atomic E-state index is 10.7. The smallest absolute Gasteiger partial charge is 0.346 e. The second-order valence-electron chi connectivity index (χ2n) is 4.20. The molecule has 0 aromatic carbocycles. The highest BCUT2D eigenvalue weighted by molar-refractivity contribution is 7.12. The SMILES string of the molecule is O=C(O)c1cc(OCCN2CCCCC2)cs1. The Balaban J connectivity index is 1.71. The molecule has 0 spiro atoms. The van der Waals surface area contributed by atoms with Crippen LogP contribution in [0.25, 0.3) is 0 Å². The molecule has 1 saturated heterocycles. The van der Waals surface area contributed by atoms with Crippen molar-refractivity contribution in [2.75, 3.05) is 26.2 Å². The fourth-order valence-corrected chi connectivity index (χ4v) is 2.65. The molecule has 0 saturated carbocycles. The fourth-order valence-electron chi connectivity index (χ4n) is 1.98. The predicted molar refractivity (Wildman–Crippen MR) is 67.1 cm³/mol. The molecule has 0 bridgehead atoms. The number of carboxylic acid groups (broad SMARTS) is 1. The van der Waals surface area contributed by atoms with Gasteiger partial charge in [-0.3, -0.25) is 4.90 Å². The van der Waals surface area contributed by atoms with Crippen molar-refractivity contribution < 1.29 is 14.6 Å². The van der Waals surface area contributed by atoms with E-state index in [1.165, 1.54) is 30.6 Å². The number of nitrogens with zero attached hydrogens (tertiary/aromatic N) is 1. The summed E-state index contributed by atoms with van der Waals surface area (Å²) in [6, 6.07) is 1.59. The second kappa shape index (κ2) is 6.02.